The lowest BCUT2D eigenvalue weighted by Gasteiger charge is -2.17. The molecule has 2 heteroatoms. The summed E-state index contributed by atoms with van der Waals surface area (Å²) in [6, 6.07) is 18.1. The second-order valence-corrected chi connectivity index (χ2v) is 5.79. The fourth-order valence-electron chi connectivity index (χ4n) is 2.90. The van der Waals surface area contributed by atoms with Crippen molar-refractivity contribution in [2.45, 2.75) is 33.2 Å². The number of nitrogens with zero attached hydrogens (tertiary/aromatic N) is 1. The Bertz CT molecular complexity index is 847. The first kappa shape index (κ1) is 14.6. The predicted octanol–water partition coefficient (Wildman–Crippen LogP) is 4.78. The van der Waals surface area contributed by atoms with E-state index in [1.54, 1.807) is 6.07 Å². The van der Waals surface area contributed by atoms with E-state index in [1.165, 1.54) is 0 Å². The first-order chi connectivity index (χ1) is 10.7. The maximum absolute atomic E-state index is 12.5. The minimum Gasteiger partial charge on any atom is -0.340 e. The van der Waals surface area contributed by atoms with Gasteiger partial charge in [-0.2, -0.15) is 0 Å². The van der Waals surface area contributed by atoms with Crippen LogP contribution in [0.25, 0.3) is 22.2 Å². The molecule has 0 unspecified atom stereocenters. The van der Waals surface area contributed by atoms with E-state index in [4.69, 9.17) is 0 Å². The first-order valence-electron chi connectivity index (χ1n) is 7.90. The zero-order valence-corrected chi connectivity index (χ0v) is 13.2. The average molecular weight is 291 g/mol. The van der Waals surface area contributed by atoms with Gasteiger partial charge in [0, 0.05) is 18.0 Å². The van der Waals surface area contributed by atoms with Crippen LogP contribution in [0.1, 0.15) is 25.3 Å². The molecule has 0 aliphatic carbocycles. The molecule has 0 saturated heterocycles. The lowest BCUT2D eigenvalue weighted by molar-refractivity contribution is 0.651. The molecule has 1 heterocycles. The average Bonchev–Trinajstić information content (AvgIpc) is 2.55. The maximum Gasteiger partial charge on any atom is 0.190 e. The summed E-state index contributed by atoms with van der Waals surface area (Å²) in [7, 11) is 0. The highest BCUT2D eigenvalue weighted by molar-refractivity contribution is 5.83. The van der Waals surface area contributed by atoms with Crippen molar-refractivity contribution in [3.05, 3.63) is 70.4 Å². The Morgan fingerprint density at radius 2 is 1.77 bits per heavy atom. The molecule has 3 rings (SSSR count). The van der Waals surface area contributed by atoms with Gasteiger partial charge in [-0.15, -0.1) is 0 Å². The van der Waals surface area contributed by atoms with Crippen LogP contribution in [0.4, 0.5) is 0 Å². The quantitative estimate of drug-likeness (QED) is 0.678. The van der Waals surface area contributed by atoms with E-state index in [2.05, 4.69) is 35.8 Å². The van der Waals surface area contributed by atoms with Gasteiger partial charge in [-0.1, -0.05) is 55.3 Å². The molecule has 0 aliphatic rings. The normalized spacial score (nSPS) is 11.0. The number of aryl methyl sites for hydroxylation is 2. The van der Waals surface area contributed by atoms with E-state index < -0.39 is 0 Å². The zero-order valence-electron chi connectivity index (χ0n) is 13.2. The van der Waals surface area contributed by atoms with Gasteiger partial charge in [0.15, 0.2) is 5.43 Å². The Morgan fingerprint density at radius 1 is 1.00 bits per heavy atom. The van der Waals surface area contributed by atoms with Crippen molar-refractivity contribution in [2.24, 2.45) is 0 Å². The van der Waals surface area contributed by atoms with E-state index in [9.17, 15) is 4.79 Å². The number of unbranched alkanes of at least 4 members (excludes halogenated alkanes) is 1. The topological polar surface area (TPSA) is 22.0 Å². The van der Waals surface area contributed by atoms with Crippen LogP contribution in [0.5, 0.6) is 0 Å². The summed E-state index contributed by atoms with van der Waals surface area (Å²) in [5, 5.41) is 0.816. The molecule has 2 aromatic carbocycles. The lowest BCUT2D eigenvalue weighted by Crippen LogP contribution is -2.12. The molecule has 1 aromatic heterocycles. The van der Waals surface area contributed by atoms with Crippen molar-refractivity contribution < 1.29 is 0 Å². The SMILES string of the molecule is CCCCn1c(-c2ccccc2)cc(=O)c2cc(C)ccc21. The van der Waals surface area contributed by atoms with Gasteiger partial charge >= 0.3 is 0 Å². The van der Waals surface area contributed by atoms with Crippen molar-refractivity contribution in [1.29, 1.82) is 0 Å². The molecule has 0 N–H and O–H groups in total. The monoisotopic (exact) mass is 291 g/mol. The van der Waals surface area contributed by atoms with Crippen molar-refractivity contribution in [3.8, 4) is 11.3 Å². The molecule has 22 heavy (non-hydrogen) atoms. The summed E-state index contributed by atoms with van der Waals surface area (Å²) in [5.74, 6) is 0. The summed E-state index contributed by atoms with van der Waals surface area (Å²) in [4.78, 5) is 12.5. The smallest absolute Gasteiger partial charge is 0.190 e. The second kappa shape index (κ2) is 6.18. The first-order valence-corrected chi connectivity index (χ1v) is 7.90. The Hall–Kier alpha value is -2.35. The van der Waals surface area contributed by atoms with E-state index in [0.717, 1.165) is 47.1 Å². The largest absolute Gasteiger partial charge is 0.340 e. The van der Waals surface area contributed by atoms with Crippen LogP contribution in [-0.4, -0.2) is 4.57 Å². The standard InChI is InChI=1S/C20H21NO/c1-3-4-12-21-18-11-10-15(2)13-17(18)20(22)14-19(21)16-8-6-5-7-9-16/h5-11,13-14H,3-4,12H2,1-2H3. The predicted molar refractivity (Wildman–Crippen MR) is 93.3 cm³/mol. The molecule has 0 radical (unpaired) electrons. The van der Waals surface area contributed by atoms with Crippen LogP contribution in [0.2, 0.25) is 0 Å². The van der Waals surface area contributed by atoms with E-state index in [0.29, 0.717) is 0 Å². The van der Waals surface area contributed by atoms with Crippen LogP contribution >= 0.6 is 0 Å². The van der Waals surface area contributed by atoms with Gasteiger partial charge in [0.25, 0.3) is 0 Å². The minimum absolute atomic E-state index is 0.102. The highest BCUT2D eigenvalue weighted by Crippen LogP contribution is 2.23. The van der Waals surface area contributed by atoms with Crippen LogP contribution in [0, 0.1) is 6.92 Å². The molecule has 0 fully saturated rings. The van der Waals surface area contributed by atoms with E-state index >= 15 is 0 Å². The third kappa shape index (κ3) is 2.69. The molecule has 0 atom stereocenters. The third-order valence-electron chi connectivity index (χ3n) is 4.07. The van der Waals surface area contributed by atoms with Crippen LogP contribution < -0.4 is 5.43 Å². The maximum atomic E-state index is 12.5. The summed E-state index contributed by atoms with van der Waals surface area (Å²) in [6.07, 6.45) is 2.24. The molecule has 0 aliphatic heterocycles. The van der Waals surface area contributed by atoms with Gasteiger partial charge in [-0.25, -0.2) is 0 Å². The van der Waals surface area contributed by atoms with Gasteiger partial charge in [0.1, 0.15) is 0 Å². The minimum atomic E-state index is 0.102. The number of pyridine rings is 1. The van der Waals surface area contributed by atoms with E-state index in [1.807, 2.05) is 31.2 Å². The molecule has 0 spiro atoms. The highest BCUT2D eigenvalue weighted by Gasteiger charge is 2.10. The summed E-state index contributed by atoms with van der Waals surface area (Å²) in [6.45, 7) is 5.15. The van der Waals surface area contributed by atoms with Gasteiger partial charge in [-0.05, 0) is 31.0 Å². The highest BCUT2D eigenvalue weighted by atomic mass is 16.1. The van der Waals surface area contributed by atoms with Crippen molar-refractivity contribution >= 4 is 10.9 Å². The van der Waals surface area contributed by atoms with Crippen LogP contribution in [0.15, 0.2) is 59.4 Å². The molecule has 112 valence electrons. The van der Waals surface area contributed by atoms with Gasteiger partial charge in [-0.3, -0.25) is 4.79 Å². The Kier molecular flexibility index (Phi) is 4.10. The van der Waals surface area contributed by atoms with Crippen LogP contribution in [-0.2, 0) is 6.54 Å². The number of hydrogen-bond acceptors (Lipinski definition) is 1. The molecule has 2 nitrogen and oxygen atoms in total. The van der Waals surface area contributed by atoms with Crippen molar-refractivity contribution in [2.75, 3.05) is 0 Å². The van der Waals surface area contributed by atoms with Gasteiger partial charge in [0.05, 0.1) is 11.2 Å². The summed E-state index contributed by atoms with van der Waals surface area (Å²) >= 11 is 0. The Morgan fingerprint density at radius 3 is 2.50 bits per heavy atom. The Balaban J connectivity index is 2.31. The molecule has 0 saturated carbocycles. The Labute approximate surface area is 131 Å². The van der Waals surface area contributed by atoms with Crippen molar-refractivity contribution in [1.82, 2.24) is 4.57 Å². The lowest BCUT2D eigenvalue weighted by atomic mass is 10.1. The molecular weight excluding hydrogens is 270 g/mol. The fourth-order valence-corrected chi connectivity index (χ4v) is 2.90. The van der Waals surface area contributed by atoms with Crippen molar-refractivity contribution in [3.63, 3.8) is 0 Å². The summed E-state index contributed by atoms with van der Waals surface area (Å²) < 4.78 is 2.29. The number of benzene rings is 2. The second-order valence-electron chi connectivity index (χ2n) is 5.79. The third-order valence-corrected chi connectivity index (χ3v) is 4.07. The molecular formula is C20H21NO. The number of hydrogen-bond donors (Lipinski definition) is 0. The summed E-state index contributed by atoms with van der Waals surface area (Å²) in [5.41, 5.74) is 4.36. The zero-order chi connectivity index (χ0) is 15.5. The van der Waals surface area contributed by atoms with Crippen LogP contribution in [0.3, 0.4) is 0 Å². The molecule has 0 amide bonds. The number of aromatic nitrogens is 1. The van der Waals surface area contributed by atoms with E-state index in [-0.39, 0.29) is 5.43 Å². The number of fused-ring (bicyclic) bond motifs is 1. The molecule has 3 aromatic rings. The molecule has 0 bridgehead atoms. The van der Waals surface area contributed by atoms with Gasteiger partial charge in [0.2, 0.25) is 0 Å². The number of rotatable bonds is 4. The van der Waals surface area contributed by atoms with Gasteiger partial charge < -0.3 is 4.57 Å². The fraction of sp³-hybridized carbons (Fsp3) is 0.250.